The highest BCUT2D eigenvalue weighted by Crippen LogP contribution is 2.34. The number of phenols is 2. The third kappa shape index (κ3) is 3.67. The molecule has 1 aliphatic heterocycles. The summed E-state index contributed by atoms with van der Waals surface area (Å²) in [4.78, 5) is 25.1. The van der Waals surface area contributed by atoms with Crippen molar-refractivity contribution < 1.29 is 34.0 Å². The zero-order chi connectivity index (χ0) is 19.6. The molecule has 1 fully saturated rings. The number of methoxy groups -OCH3 is 2. The lowest BCUT2D eigenvalue weighted by molar-refractivity contribution is -0.141. The number of hydrogen-bond donors (Lipinski definition) is 2. The molecule has 1 heterocycles. The van der Waals surface area contributed by atoms with Crippen LogP contribution in [0.2, 0.25) is 0 Å². The summed E-state index contributed by atoms with van der Waals surface area (Å²) in [7, 11) is 2.83. The van der Waals surface area contributed by atoms with Crippen LogP contribution in [0.25, 0.3) is 0 Å². The maximum atomic E-state index is 12.9. The average molecular weight is 372 g/mol. The maximum Gasteiger partial charge on any atom is 0.310 e. The minimum atomic E-state index is -0.647. The fourth-order valence-electron chi connectivity index (χ4n) is 3.19. The summed E-state index contributed by atoms with van der Waals surface area (Å²) in [6, 6.07) is 9.10. The van der Waals surface area contributed by atoms with E-state index < -0.39 is 17.8 Å². The molecule has 0 spiro atoms. The van der Waals surface area contributed by atoms with Gasteiger partial charge in [0.15, 0.2) is 28.8 Å². The summed E-state index contributed by atoms with van der Waals surface area (Å²) in [5.41, 5.74) is 1.08. The van der Waals surface area contributed by atoms with Gasteiger partial charge in [0, 0.05) is 5.56 Å². The monoisotopic (exact) mass is 372 g/mol. The van der Waals surface area contributed by atoms with Crippen molar-refractivity contribution in [1.29, 1.82) is 0 Å². The van der Waals surface area contributed by atoms with Crippen molar-refractivity contribution in [3.63, 3.8) is 0 Å². The molecule has 7 heteroatoms. The van der Waals surface area contributed by atoms with Gasteiger partial charge in [-0.2, -0.15) is 0 Å². The largest absolute Gasteiger partial charge is 0.504 e. The molecule has 0 radical (unpaired) electrons. The predicted octanol–water partition coefficient (Wildman–Crippen LogP) is 2.33. The Morgan fingerprint density at radius 1 is 1.07 bits per heavy atom. The number of esters is 1. The van der Waals surface area contributed by atoms with Crippen molar-refractivity contribution in [2.24, 2.45) is 11.8 Å². The summed E-state index contributed by atoms with van der Waals surface area (Å²) in [6.07, 6.45) is 0.279. The topological polar surface area (TPSA) is 102 Å². The summed E-state index contributed by atoms with van der Waals surface area (Å²) in [5, 5.41) is 19.4. The van der Waals surface area contributed by atoms with Crippen LogP contribution in [0.15, 0.2) is 36.4 Å². The molecule has 142 valence electrons. The van der Waals surface area contributed by atoms with Gasteiger partial charge in [0.05, 0.1) is 26.1 Å². The van der Waals surface area contributed by atoms with E-state index >= 15 is 0 Å². The van der Waals surface area contributed by atoms with Crippen LogP contribution in [0.4, 0.5) is 0 Å². The SMILES string of the molecule is COc1cc(C[C@H]2C(=O)OC[C@@H]2C(=O)c2ccc(O)c(OC)c2)ccc1O. The zero-order valence-electron chi connectivity index (χ0n) is 15.0. The van der Waals surface area contributed by atoms with E-state index in [1.54, 1.807) is 12.1 Å². The van der Waals surface area contributed by atoms with Crippen molar-refractivity contribution >= 4 is 11.8 Å². The van der Waals surface area contributed by atoms with Gasteiger partial charge < -0.3 is 24.4 Å². The van der Waals surface area contributed by atoms with E-state index in [-0.39, 0.29) is 36.1 Å². The van der Waals surface area contributed by atoms with Gasteiger partial charge in [0.1, 0.15) is 6.61 Å². The molecule has 0 bridgehead atoms. The number of carbonyl (C=O) groups excluding carboxylic acids is 2. The van der Waals surface area contributed by atoms with Crippen molar-refractivity contribution in [3.8, 4) is 23.0 Å². The lowest BCUT2D eigenvalue weighted by Crippen LogP contribution is -2.26. The highest BCUT2D eigenvalue weighted by molar-refractivity contribution is 6.01. The Morgan fingerprint density at radius 3 is 2.37 bits per heavy atom. The van der Waals surface area contributed by atoms with Crippen molar-refractivity contribution in [1.82, 2.24) is 0 Å². The number of rotatable bonds is 6. The van der Waals surface area contributed by atoms with Gasteiger partial charge in [-0.3, -0.25) is 9.59 Å². The molecule has 0 aromatic heterocycles. The van der Waals surface area contributed by atoms with Crippen LogP contribution in [0.3, 0.4) is 0 Å². The van der Waals surface area contributed by atoms with E-state index in [0.29, 0.717) is 11.3 Å². The molecule has 3 rings (SSSR count). The highest BCUT2D eigenvalue weighted by Gasteiger charge is 2.41. The van der Waals surface area contributed by atoms with Gasteiger partial charge >= 0.3 is 5.97 Å². The summed E-state index contributed by atoms with van der Waals surface area (Å²) >= 11 is 0. The molecular formula is C20H20O7. The molecule has 2 aromatic rings. The molecule has 2 aromatic carbocycles. The lowest BCUT2D eigenvalue weighted by atomic mass is 9.84. The average Bonchev–Trinajstić information content (AvgIpc) is 3.03. The highest BCUT2D eigenvalue weighted by atomic mass is 16.5. The fourth-order valence-corrected chi connectivity index (χ4v) is 3.19. The second-order valence-electron chi connectivity index (χ2n) is 6.30. The number of phenolic OH excluding ortho intramolecular Hbond substituents is 2. The van der Waals surface area contributed by atoms with E-state index in [1.165, 1.54) is 38.5 Å². The first kappa shape index (κ1) is 18.6. The minimum absolute atomic E-state index is 0.000738. The van der Waals surface area contributed by atoms with Gasteiger partial charge in [0.2, 0.25) is 0 Å². The second kappa shape index (κ2) is 7.57. The van der Waals surface area contributed by atoms with E-state index in [0.717, 1.165) is 5.56 Å². The minimum Gasteiger partial charge on any atom is -0.504 e. The third-order valence-electron chi connectivity index (χ3n) is 4.69. The van der Waals surface area contributed by atoms with Gasteiger partial charge in [-0.1, -0.05) is 6.07 Å². The van der Waals surface area contributed by atoms with E-state index in [9.17, 15) is 19.8 Å². The molecule has 0 amide bonds. The van der Waals surface area contributed by atoms with E-state index in [1.807, 2.05) is 0 Å². The third-order valence-corrected chi connectivity index (χ3v) is 4.69. The maximum absolute atomic E-state index is 12.9. The normalized spacial score (nSPS) is 18.8. The number of ether oxygens (including phenoxy) is 3. The summed E-state index contributed by atoms with van der Waals surface area (Å²) < 4.78 is 15.3. The van der Waals surface area contributed by atoms with Gasteiger partial charge in [-0.25, -0.2) is 0 Å². The second-order valence-corrected chi connectivity index (χ2v) is 6.30. The molecule has 1 saturated heterocycles. The van der Waals surface area contributed by atoms with Crippen LogP contribution in [0.5, 0.6) is 23.0 Å². The van der Waals surface area contributed by atoms with Gasteiger partial charge in [-0.15, -0.1) is 0 Å². The Bertz CT molecular complexity index is 875. The summed E-state index contributed by atoms with van der Waals surface area (Å²) in [5.74, 6) is -1.57. The smallest absolute Gasteiger partial charge is 0.310 e. The molecule has 7 nitrogen and oxygen atoms in total. The number of cyclic esters (lactones) is 1. The standard InChI is InChI=1S/C20H20O7/c1-25-17-8-11(3-5-15(17)21)7-13-14(10-27-20(13)24)19(23)12-4-6-16(22)18(9-12)26-2/h3-6,8-9,13-14,21-22H,7,10H2,1-2H3/t13-,14+/m1/s1. The van der Waals surface area contributed by atoms with Crippen molar-refractivity contribution in [2.45, 2.75) is 6.42 Å². The van der Waals surface area contributed by atoms with Gasteiger partial charge in [-0.05, 0) is 42.3 Å². The molecule has 27 heavy (non-hydrogen) atoms. The number of hydrogen-bond acceptors (Lipinski definition) is 7. The van der Waals surface area contributed by atoms with E-state index in [4.69, 9.17) is 14.2 Å². The molecule has 0 aliphatic carbocycles. The Labute approximate surface area is 156 Å². The number of Topliss-reactive ketones (excluding diaryl/α,β-unsaturated/α-hetero) is 1. The Hall–Kier alpha value is -3.22. The van der Waals surface area contributed by atoms with Crippen LogP contribution in [0.1, 0.15) is 15.9 Å². The van der Waals surface area contributed by atoms with Crippen LogP contribution in [0, 0.1) is 11.8 Å². The van der Waals surface area contributed by atoms with Crippen LogP contribution < -0.4 is 9.47 Å². The van der Waals surface area contributed by atoms with Crippen LogP contribution in [-0.4, -0.2) is 42.8 Å². The number of aromatic hydroxyl groups is 2. The predicted molar refractivity (Wildman–Crippen MR) is 95.3 cm³/mol. The fraction of sp³-hybridized carbons (Fsp3) is 0.300. The van der Waals surface area contributed by atoms with Crippen molar-refractivity contribution in [3.05, 3.63) is 47.5 Å². The Morgan fingerprint density at radius 2 is 1.70 bits per heavy atom. The number of carbonyl (C=O) groups is 2. The zero-order valence-corrected chi connectivity index (χ0v) is 15.0. The molecule has 2 N–H and O–H groups in total. The first-order valence-corrected chi connectivity index (χ1v) is 8.38. The Kier molecular flexibility index (Phi) is 5.21. The summed E-state index contributed by atoms with van der Waals surface area (Å²) in [6.45, 7) is 0.000738. The molecular weight excluding hydrogens is 352 g/mol. The van der Waals surface area contributed by atoms with Crippen LogP contribution in [-0.2, 0) is 16.0 Å². The van der Waals surface area contributed by atoms with E-state index in [2.05, 4.69) is 0 Å². The Balaban J connectivity index is 1.85. The number of ketones is 1. The quantitative estimate of drug-likeness (QED) is 0.593. The first-order chi connectivity index (χ1) is 12.9. The molecule has 1 aliphatic rings. The molecule has 0 saturated carbocycles. The van der Waals surface area contributed by atoms with Crippen LogP contribution >= 0.6 is 0 Å². The lowest BCUT2D eigenvalue weighted by Gasteiger charge is -2.16. The molecule has 0 unspecified atom stereocenters. The molecule has 2 atom stereocenters. The first-order valence-electron chi connectivity index (χ1n) is 8.38. The van der Waals surface area contributed by atoms with Crippen molar-refractivity contribution in [2.75, 3.05) is 20.8 Å². The van der Waals surface area contributed by atoms with Gasteiger partial charge in [0.25, 0.3) is 0 Å². The number of benzene rings is 2.